The number of nitrogens with two attached hydrogens (primary N) is 1. The predicted molar refractivity (Wildman–Crippen MR) is 94.1 cm³/mol. The molecule has 0 saturated heterocycles. The van der Waals surface area contributed by atoms with Crippen LogP contribution in [0.3, 0.4) is 0 Å². The molecular weight excluding hydrogens is 296 g/mol. The first-order chi connectivity index (χ1) is 10.3. The summed E-state index contributed by atoms with van der Waals surface area (Å²) in [5, 5.41) is 12.9. The van der Waals surface area contributed by atoms with Crippen molar-refractivity contribution in [2.75, 3.05) is 18.6 Å². The van der Waals surface area contributed by atoms with Gasteiger partial charge in [0, 0.05) is 6.54 Å². The summed E-state index contributed by atoms with van der Waals surface area (Å²) in [5.41, 5.74) is 7.89. The van der Waals surface area contributed by atoms with Gasteiger partial charge in [-0.2, -0.15) is 11.8 Å². The molecule has 5 heteroatoms. The van der Waals surface area contributed by atoms with Crippen molar-refractivity contribution in [3.05, 3.63) is 35.4 Å². The van der Waals surface area contributed by atoms with Crippen LogP contribution in [0.4, 0.5) is 0 Å². The van der Waals surface area contributed by atoms with Crippen molar-refractivity contribution >= 4 is 17.7 Å². The van der Waals surface area contributed by atoms with E-state index in [4.69, 9.17) is 5.73 Å². The zero-order valence-corrected chi connectivity index (χ0v) is 14.7. The highest BCUT2D eigenvalue weighted by Gasteiger charge is 2.17. The lowest BCUT2D eigenvalue weighted by Crippen LogP contribution is -2.42. The summed E-state index contributed by atoms with van der Waals surface area (Å²) in [6, 6.07) is 7.34. The van der Waals surface area contributed by atoms with Crippen LogP contribution in [0.25, 0.3) is 0 Å². The third kappa shape index (κ3) is 5.99. The standard InChI is InChI=1S/C17H28N2O2S/c1-17(2,3)13-7-5-12(6-8-13)15(20)11-19-16(21)14(18)9-10-22-4/h5-8,14-15,20H,9-11,18H2,1-4H3,(H,19,21)/t14-,15?/m0/s1. The minimum absolute atomic E-state index is 0.0851. The fraction of sp³-hybridized carbons (Fsp3) is 0.588. The van der Waals surface area contributed by atoms with Gasteiger partial charge in [0.15, 0.2) is 0 Å². The van der Waals surface area contributed by atoms with Gasteiger partial charge in [-0.25, -0.2) is 0 Å². The van der Waals surface area contributed by atoms with E-state index in [-0.39, 0.29) is 17.9 Å². The Kier molecular flexibility index (Phi) is 7.39. The van der Waals surface area contributed by atoms with Crippen LogP contribution >= 0.6 is 11.8 Å². The molecule has 0 fully saturated rings. The number of aliphatic hydroxyl groups excluding tert-OH is 1. The first-order valence-corrected chi connectivity index (χ1v) is 8.96. The van der Waals surface area contributed by atoms with E-state index >= 15 is 0 Å². The van der Waals surface area contributed by atoms with E-state index in [9.17, 15) is 9.90 Å². The molecule has 1 aromatic carbocycles. The molecule has 1 rings (SSSR count). The number of nitrogens with one attached hydrogen (secondary N) is 1. The maximum Gasteiger partial charge on any atom is 0.237 e. The van der Waals surface area contributed by atoms with E-state index in [0.717, 1.165) is 11.3 Å². The molecule has 1 unspecified atom stereocenters. The molecule has 4 nitrogen and oxygen atoms in total. The van der Waals surface area contributed by atoms with Crippen molar-refractivity contribution in [1.82, 2.24) is 5.32 Å². The molecule has 0 radical (unpaired) electrons. The number of hydrogen-bond donors (Lipinski definition) is 3. The van der Waals surface area contributed by atoms with Crippen molar-refractivity contribution in [1.29, 1.82) is 0 Å². The summed E-state index contributed by atoms with van der Waals surface area (Å²) >= 11 is 1.66. The maximum atomic E-state index is 11.8. The van der Waals surface area contributed by atoms with Gasteiger partial charge in [-0.3, -0.25) is 4.79 Å². The number of carbonyl (C=O) groups is 1. The highest BCUT2D eigenvalue weighted by atomic mass is 32.2. The second kappa shape index (κ2) is 8.56. The zero-order chi connectivity index (χ0) is 16.8. The summed E-state index contributed by atoms with van der Waals surface area (Å²) in [4.78, 5) is 11.8. The van der Waals surface area contributed by atoms with Crippen LogP contribution in [0.15, 0.2) is 24.3 Å². The lowest BCUT2D eigenvalue weighted by molar-refractivity contribution is -0.122. The topological polar surface area (TPSA) is 75.4 Å². The van der Waals surface area contributed by atoms with Gasteiger partial charge in [-0.1, -0.05) is 45.0 Å². The summed E-state index contributed by atoms with van der Waals surface area (Å²) in [6.45, 7) is 6.62. The smallest absolute Gasteiger partial charge is 0.237 e. The van der Waals surface area contributed by atoms with E-state index in [2.05, 4.69) is 26.1 Å². The third-order valence-electron chi connectivity index (χ3n) is 3.60. The Bertz CT molecular complexity index is 469. The number of carbonyl (C=O) groups excluding carboxylic acids is 1. The summed E-state index contributed by atoms with van der Waals surface area (Å²) in [7, 11) is 0. The Hall–Kier alpha value is -1.04. The maximum absolute atomic E-state index is 11.8. The molecule has 0 heterocycles. The van der Waals surface area contributed by atoms with E-state index in [1.54, 1.807) is 11.8 Å². The monoisotopic (exact) mass is 324 g/mol. The van der Waals surface area contributed by atoms with Crippen molar-refractivity contribution in [3.63, 3.8) is 0 Å². The molecular formula is C17H28N2O2S. The molecule has 0 aliphatic rings. The highest BCUT2D eigenvalue weighted by Crippen LogP contribution is 2.23. The lowest BCUT2D eigenvalue weighted by Gasteiger charge is -2.20. The minimum atomic E-state index is -0.717. The molecule has 0 saturated carbocycles. The van der Waals surface area contributed by atoms with Gasteiger partial charge in [0.1, 0.15) is 0 Å². The average Bonchev–Trinajstić information content (AvgIpc) is 2.49. The molecule has 0 aliphatic carbocycles. The zero-order valence-electron chi connectivity index (χ0n) is 13.9. The van der Waals surface area contributed by atoms with Gasteiger partial charge in [0.2, 0.25) is 5.91 Å². The second-order valence-electron chi connectivity index (χ2n) is 6.52. The summed E-state index contributed by atoms with van der Waals surface area (Å²) in [6.07, 6.45) is 1.91. The Morgan fingerprint density at radius 2 is 1.91 bits per heavy atom. The van der Waals surface area contributed by atoms with E-state index in [0.29, 0.717) is 6.42 Å². The fourth-order valence-corrected chi connectivity index (χ4v) is 2.52. The van der Waals surface area contributed by atoms with Crippen molar-refractivity contribution < 1.29 is 9.90 Å². The molecule has 124 valence electrons. The lowest BCUT2D eigenvalue weighted by atomic mass is 9.86. The van der Waals surface area contributed by atoms with Gasteiger partial charge < -0.3 is 16.2 Å². The van der Waals surface area contributed by atoms with E-state index in [1.807, 2.05) is 30.5 Å². The van der Waals surface area contributed by atoms with Gasteiger partial charge in [-0.05, 0) is 35.0 Å². The van der Waals surface area contributed by atoms with E-state index in [1.165, 1.54) is 5.56 Å². The normalized spacial score (nSPS) is 14.5. The Morgan fingerprint density at radius 1 is 1.32 bits per heavy atom. The largest absolute Gasteiger partial charge is 0.387 e. The van der Waals surface area contributed by atoms with Crippen LogP contribution < -0.4 is 11.1 Å². The van der Waals surface area contributed by atoms with Crippen molar-refractivity contribution in [2.45, 2.75) is 44.8 Å². The van der Waals surface area contributed by atoms with Gasteiger partial charge in [0.25, 0.3) is 0 Å². The SMILES string of the molecule is CSCC[C@H](N)C(=O)NCC(O)c1ccc(C(C)(C)C)cc1. The number of hydrogen-bond acceptors (Lipinski definition) is 4. The number of amides is 1. The summed E-state index contributed by atoms with van der Waals surface area (Å²) in [5.74, 6) is 0.644. The molecule has 22 heavy (non-hydrogen) atoms. The van der Waals surface area contributed by atoms with Crippen LogP contribution in [0.2, 0.25) is 0 Å². The minimum Gasteiger partial charge on any atom is -0.387 e. The Balaban J connectivity index is 2.51. The number of rotatable bonds is 7. The average molecular weight is 324 g/mol. The molecule has 0 aliphatic heterocycles. The first-order valence-electron chi connectivity index (χ1n) is 7.56. The van der Waals surface area contributed by atoms with Crippen LogP contribution in [0, 0.1) is 0 Å². The van der Waals surface area contributed by atoms with E-state index < -0.39 is 12.1 Å². The van der Waals surface area contributed by atoms with Gasteiger partial charge in [0.05, 0.1) is 12.1 Å². The molecule has 1 aromatic rings. The number of benzene rings is 1. The van der Waals surface area contributed by atoms with Crippen LogP contribution in [0.5, 0.6) is 0 Å². The van der Waals surface area contributed by atoms with Crippen LogP contribution in [-0.2, 0) is 10.2 Å². The second-order valence-corrected chi connectivity index (χ2v) is 7.51. The quantitative estimate of drug-likeness (QED) is 0.719. The van der Waals surface area contributed by atoms with Crippen LogP contribution in [-0.4, -0.2) is 35.6 Å². The number of aliphatic hydroxyl groups is 1. The predicted octanol–water partition coefficient (Wildman–Crippen LogP) is 2.21. The van der Waals surface area contributed by atoms with Gasteiger partial charge in [-0.15, -0.1) is 0 Å². The summed E-state index contributed by atoms with van der Waals surface area (Å²) < 4.78 is 0. The Morgan fingerprint density at radius 3 is 2.41 bits per heavy atom. The molecule has 0 spiro atoms. The third-order valence-corrected chi connectivity index (χ3v) is 4.24. The molecule has 1 amide bonds. The van der Waals surface area contributed by atoms with Crippen LogP contribution in [0.1, 0.15) is 44.4 Å². The van der Waals surface area contributed by atoms with Crippen molar-refractivity contribution in [3.8, 4) is 0 Å². The molecule has 0 bridgehead atoms. The van der Waals surface area contributed by atoms with Crippen molar-refractivity contribution in [2.24, 2.45) is 5.73 Å². The van der Waals surface area contributed by atoms with Gasteiger partial charge >= 0.3 is 0 Å². The fourth-order valence-electron chi connectivity index (χ4n) is 2.03. The number of thioether (sulfide) groups is 1. The first kappa shape index (κ1) is 19.0. The highest BCUT2D eigenvalue weighted by molar-refractivity contribution is 7.98. The molecule has 2 atom stereocenters. The Labute approximate surface area is 137 Å². The molecule has 0 aromatic heterocycles. The molecule has 4 N–H and O–H groups in total.